The normalized spacial score (nSPS) is 18.0. The van der Waals surface area contributed by atoms with Gasteiger partial charge in [-0.2, -0.15) is 0 Å². The number of piperidine rings is 1. The highest BCUT2D eigenvalue weighted by Crippen LogP contribution is 2.16. The number of carbonyl (C=O) groups excluding carboxylic acids is 1. The fourth-order valence-electron chi connectivity index (χ4n) is 2.20. The van der Waals surface area contributed by atoms with Crippen LogP contribution in [-0.2, 0) is 4.79 Å². The molecule has 1 aromatic carbocycles. The number of carbonyl (C=O) groups is 1. The summed E-state index contributed by atoms with van der Waals surface area (Å²) in [5.41, 5.74) is 2.40. The van der Waals surface area contributed by atoms with Gasteiger partial charge in [0.2, 0.25) is 0 Å². The lowest BCUT2D eigenvalue weighted by atomic mass is 10.1. The number of hydrogen-bond acceptors (Lipinski definition) is 3. The quantitative estimate of drug-likeness (QED) is 0.893. The molecule has 1 fully saturated rings. The number of nitrogens with one attached hydrogen (secondary N) is 2. The van der Waals surface area contributed by atoms with Gasteiger partial charge >= 0.3 is 0 Å². The average molecular weight is 299 g/mol. The highest BCUT2D eigenvalue weighted by atomic mass is 35.5. The van der Waals surface area contributed by atoms with Gasteiger partial charge in [0.25, 0.3) is 5.91 Å². The molecule has 2 rings (SSSR count). The molecular formula is C15H23ClN2O2. The van der Waals surface area contributed by atoms with Crippen LogP contribution in [0.4, 0.5) is 0 Å². The van der Waals surface area contributed by atoms with Crippen molar-refractivity contribution in [3.05, 3.63) is 29.3 Å². The molecule has 1 atom stereocenters. The van der Waals surface area contributed by atoms with E-state index in [1.807, 2.05) is 25.1 Å². The van der Waals surface area contributed by atoms with Gasteiger partial charge in [0.15, 0.2) is 6.61 Å². The number of halogens is 1. The lowest BCUT2D eigenvalue weighted by Gasteiger charge is -2.23. The molecule has 112 valence electrons. The highest BCUT2D eigenvalue weighted by Gasteiger charge is 2.15. The molecule has 1 saturated heterocycles. The van der Waals surface area contributed by atoms with Crippen molar-refractivity contribution in [1.82, 2.24) is 10.6 Å². The van der Waals surface area contributed by atoms with E-state index in [2.05, 4.69) is 17.6 Å². The summed E-state index contributed by atoms with van der Waals surface area (Å²) < 4.78 is 5.51. The maximum atomic E-state index is 11.8. The monoisotopic (exact) mass is 298 g/mol. The third-order valence-corrected chi connectivity index (χ3v) is 3.51. The first-order valence-electron chi connectivity index (χ1n) is 6.85. The van der Waals surface area contributed by atoms with Crippen molar-refractivity contribution in [1.29, 1.82) is 0 Å². The molecule has 0 aliphatic carbocycles. The summed E-state index contributed by atoms with van der Waals surface area (Å²) >= 11 is 0. The van der Waals surface area contributed by atoms with Crippen LogP contribution in [0.1, 0.15) is 24.0 Å². The largest absolute Gasteiger partial charge is 0.484 e. The van der Waals surface area contributed by atoms with Gasteiger partial charge in [-0.1, -0.05) is 6.07 Å². The zero-order valence-electron chi connectivity index (χ0n) is 12.1. The second kappa shape index (κ2) is 8.12. The molecule has 2 N–H and O–H groups in total. The minimum absolute atomic E-state index is 0. The van der Waals surface area contributed by atoms with Gasteiger partial charge in [0, 0.05) is 12.6 Å². The molecule has 1 amide bonds. The summed E-state index contributed by atoms with van der Waals surface area (Å²) in [6.07, 6.45) is 2.16. The van der Waals surface area contributed by atoms with E-state index in [4.69, 9.17) is 4.74 Å². The summed E-state index contributed by atoms with van der Waals surface area (Å²) in [4.78, 5) is 11.8. The Balaban J connectivity index is 0.00000200. The highest BCUT2D eigenvalue weighted by molar-refractivity contribution is 5.85. The van der Waals surface area contributed by atoms with Gasteiger partial charge < -0.3 is 15.4 Å². The Kier molecular flexibility index (Phi) is 6.82. The third-order valence-electron chi connectivity index (χ3n) is 3.51. The lowest BCUT2D eigenvalue weighted by molar-refractivity contribution is -0.123. The summed E-state index contributed by atoms with van der Waals surface area (Å²) in [5.74, 6) is 0.701. The van der Waals surface area contributed by atoms with E-state index in [0.29, 0.717) is 0 Å². The van der Waals surface area contributed by atoms with Crippen LogP contribution in [0.5, 0.6) is 5.75 Å². The zero-order valence-corrected chi connectivity index (χ0v) is 12.9. The molecule has 1 aliphatic rings. The van der Waals surface area contributed by atoms with E-state index in [9.17, 15) is 4.79 Å². The zero-order chi connectivity index (χ0) is 13.7. The topological polar surface area (TPSA) is 50.4 Å². The standard InChI is InChI=1S/C15H22N2O2.ClH/c1-11-5-6-14(8-12(11)2)19-10-15(18)17-13-4-3-7-16-9-13;/h5-6,8,13,16H,3-4,7,9-10H2,1-2H3,(H,17,18);1H/t13-;/m0./s1. The Morgan fingerprint density at radius 1 is 1.40 bits per heavy atom. The first-order chi connectivity index (χ1) is 9.15. The molecule has 5 heteroatoms. The van der Waals surface area contributed by atoms with E-state index in [1.165, 1.54) is 11.1 Å². The molecule has 4 nitrogen and oxygen atoms in total. The van der Waals surface area contributed by atoms with E-state index < -0.39 is 0 Å². The molecule has 0 radical (unpaired) electrons. The van der Waals surface area contributed by atoms with Gasteiger partial charge in [-0.3, -0.25) is 4.79 Å². The molecule has 1 heterocycles. The van der Waals surface area contributed by atoms with Crippen molar-refractivity contribution in [2.75, 3.05) is 19.7 Å². The van der Waals surface area contributed by atoms with Gasteiger partial charge in [0.1, 0.15) is 5.75 Å². The Morgan fingerprint density at radius 2 is 2.20 bits per heavy atom. The van der Waals surface area contributed by atoms with Gasteiger partial charge in [-0.25, -0.2) is 0 Å². The fraction of sp³-hybridized carbons (Fsp3) is 0.533. The second-order valence-electron chi connectivity index (χ2n) is 5.15. The average Bonchev–Trinajstić information content (AvgIpc) is 2.41. The van der Waals surface area contributed by atoms with Crippen LogP contribution < -0.4 is 15.4 Å². The molecule has 0 spiro atoms. The van der Waals surface area contributed by atoms with Crippen LogP contribution in [-0.4, -0.2) is 31.6 Å². The summed E-state index contributed by atoms with van der Waals surface area (Å²) in [6.45, 7) is 6.08. The van der Waals surface area contributed by atoms with Crippen LogP contribution in [0.25, 0.3) is 0 Å². The molecule has 1 aromatic rings. The number of amides is 1. The summed E-state index contributed by atoms with van der Waals surface area (Å²) in [7, 11) is 0. The minimum Gasteiger partial charge on any atom is -0.484 e. The minimum atomic E-state index is -0.0491. The van der Waals surface area contributed by atoms with Crippen molar-refractivity contribution in [3.63, 3.8) is 0 Å². The Hall–Kier alpha value is -1.26. The third kappa shape index (κ3) is 5.02. The van der Waals surface area contributed by atoms with Gasteiger partial charge in [-0.05, 0) is 56.5 Å². The molecular weight excluding hydrogens is 276 g/mol. The fourth-order valence-corrected chi connectivity index (χ4v) is 2.20. The van der Waals surface area contributed by atoms with E-state index in [-0.39, 0.29) is 31.0 Å². The Labute approximate surface area is 126 Å². The van der Waals surface area contributed by atoms with Crippen LogP contribution in [0.3, 0.4) is 0 Å². The first kappa shape index (κ1) is 16.8. The predicted octanol–water partition coefficient (Wildman–Crippen LogP) is 1.97. The molecule has 0 saturated carbocycles. The van der Waals surface area contributed by atoms with Crippen LogP contribution in [0.15, 0.2) is 18.2 Å². The number of rotatable bonds is 4. The molecule has 1 aliphatic heterocycles. The van der Waals surface area contributed by atoms with Gasteiger partial charge in [0.05, 0.1) is 0 Å². The molecule has 0 bridgehead atoms. The number of aryl methyl sites for hydroxylation is 2. The summed E-state index contributed by atoms with van der Waals surface area (Å²) in [5, 5.41) is 6.26. The maximum absolute atomic E-state index is 11.8. The summed E-state index contributed by atoms with van der Waals surface area (Å²) in [6, 6.07) is 6.11. The SMILES string of the molecule is Cc1ccc(OCC(=O)N[C@H]2CCCNC2)cc1C.Cl. The Bertz CT molecular complexity index is 445. The lowest BCUT2D eigenvalue weighted by Crippen LogP contribution is -2.46. The van der Waals surface area contributed by atoms with Crippen LogP contribution >= 0.6 is 12.4 Å². The first-order valence-corrected chi connectivity index (χ1v) is 6.85. The van der Waals surface area contributed by atoms with Crippen molar-refractivity contribution < 1.29 is 9.53 Å². The van der Waals surface area contributed by atoms with Crippen molar-refractivity contribution >= 4 is 18.3 Å². The smallest absolute Gasteiger partial charge is 0.258 e. The number of ether oxygens (including phenoxy) is 1. The van der Waals surface area contributed by atoms with Crippen LogP contribution in [0.2, 0.25) is 0 Å². The van der Waals surface area contributed by atoms with Crippen LogP contribution in [0, 0.1) is 13.8 Å². The maximum Gasteiger partial charge on any atom is 0.258 e. The van der Waals surface area contributed by atoms with Crippen molar-refractivity contribution in [2.24, 2.45) is 0 Å². The van der Waals surface area contributed by atoms with Crippen molar-refractivity contribution in [2.45, 2.75) is 32.7 Å². The molecule has 20 heavy (non-hydrogen) atoms. The van der Waals surface area contributed by atoms with Crippen molar-refractivity contribution in [3.8, 4) is 5.75 Å². The van der Waals surface area contributed by atoms with Gasteiger partial charge in [-0.15, -0.1) is 12.4 Å². The Morgan fingerprint density at radius 3 is 2.85 bits per heavy atom. The van der Waals surface area contributed by atoms with E-state index in [1.54, 1.807) is 0 Å². The number of benzene rings is 1. The molecule has 0 unspecified atom stereocenters. The number of hydrogen-bond donors (Lipinski definition) is 2. The predicted molar refractivity (Wildman–Crippen MR) is 82.7 cm³/mol. The van der Waals surface area contributed by atoms with E-state index in [0.717, 1.165) is 31.7 Å². The van der Waals surface area contributed by atoms with E-state index >= 15 is 0 Å². The second-order valence-corrected chi connectivity index (χ2v) is 5.15. The molecule has 0 aromatic heterocycles.